The fraction of sp³-hybridized carbons (Fsp3) is 0.462. The SMILES string of the molecule is O=C([C@@H]1C[C@H](N2CCN(c3nn(-c4ccccc4)c4ccccc34)CC2)CN1)N1CCC(F)(F)C1. The molecule has 3 fully saturated rings. The lowest BCUT2D eigenvalue weighted by molar-refractivity contribution is -0.133. The highest BCUT2D eigenvalue weighted by Gasteiger charge is 2.44. The Balaban J connectivity index is 1.11. The molecule has 4 heterocycles. The largest absolute Gasteiger partial charge is 0.352 e. The van der Waals surface area contributed by atoms with Gasteiger partial charge in [-0.25, -0.2) is 13.5 Å². The summed E-state index contributed by atoms with van der Waals surface area (Å²) >= 11 is 0. The summed E-state index contributed by atoms with van der Waals surface area (Å²) in [5, 5.41) is 9.43. The van der Waals surface area contributed by atoms with Crippen molar-refractivity contribution in [2.75, 3.05) is 50.7 Å². The van der Waals surface area contributed by atoms with Crippen LogP contribution in [0.4, 0.5) is 14.6 Å². The Morgan fingerprint density at radius 3 is 2.46 bits per heavy atom. The quantitative estimate of drug-likeness (QED) is 0.623. The Kier molecular flexibility index (Phi) is 5.69. The van der Waals surface area contributed by atoms with Crippen molar-refractivity contribution in [2.45, 2.75) is 30.8 Å². The van der Waals surface area contributed by atoms with E-state index in [1.54, 1.807) is 0 Å². The van der Waals surface area contributed by atoms with Crippen molar-refractivity contribution in [3.63, 3.8) is 0 Å². The van der Waals surface area contributed by atoms with Gasteiger partial charge < -0.3 is 15.1 Å². The van der Waals surface area contributed by atoms with E-state index in [9.17, 15) is 13.6 Å². The van der Waals surface area contributed by atoms with Gasteiger partial charge in [0.05, 0.1) is 23.8 Å². The van der Waals surface area contributed by atoms with Crippen LogP contribution in [0.25, 0.3) is 16.6 Å². The van der Waals surface area contributed by atoms with Crippen molar-refractivity contribution >= 4 is 22.6 Å². The minimum absolute atomic E-state index is 0.150. The third-order valence-electron chi connectivity index (χ3n) is 7.59. The lowest BCUT2D eigenvalue weighted by Crippen LogP contribution is -2.51. The molecule has 9 heteroatoms. The number of hydrogen-bond donors (Lipinski definition) is 1. The highest BCUT2D eigenvalue weighted by atomic mass is 19.3. The number of nitrogens with zero attached hydrogens (tertiary/aromatic N) is 5. The number of aromatic nitrogens is 2. The number of para-hydroxylation sites is 2. The summed E-state index contributed by atoms with van der Waals surface area (Å²) in [5.41, 5.74) is 2.13. The molecular weight excluding hydrogens is 450 g/mol. The van der Waals surface area contributed by atoms with Gasteiger partial charge in [0.15, 0.2) is 5.82 Å². The fourth-order valence-electron chi connectivity index (χ4n) is 5.68. The molecule has 0 bridgehead atoms. The molecule has 0 radical (unpaired) electrons. The number of halogens is 2. The number of piperazine rings is 1. The molecule has 0 spiro atoms. The van der Waals surface area contributed by atoms with Crippen molar-refractivity contribution in [1.29, 1.82) is 0 Å². The fourth-order valence-corrected chi connectivity index (χ4v) is 5.68. The highest BCUT2D eigenvalue weighted by molar-refractivity contribution is 5.92. The minimum atomic E-state index is -2.75. The Morgan fingerprint density at radius 2 is 1.71 bits per heavy atom. The number of anilines is 1. The predicted molar refractivity (Wildman–Crippen MR) is 131 cm³/mol. The lowest BCUT2D eigenvalue weighted by atomic mass is 10.1. The second-order valence-corrected chi connectivity index (χ2v) is 9.83. The Hall–Kier alpha value is -3.04. The number of alkyl halides is 2. The average molecular weight is 481 g/mol. The first-order chi connectivity index (χ1) is 17.0. The van der Waals surface area contributed by atoms with Gasteiger partial charge in [0.1, 0.15) is 0 Å². The number of likely N-dealkylation sites (tertiary alicyclic amines) is 1. The Bertz CT molecular complexity index is 1210. The number of amides is 1. The maximum absolute atomic E-state index is 13.5. The molecule has 7 nitrogen and oxygen atoms in total. The molecule has 2 atom stereocenters. The van der Waals surface area contributed by atoms with Crippen LogP contribution in [-0.2, 0) is 4.79 Å². The van der Waals surface area contributed by atoms with Crippen LogP contribution in [0.5, 0.6) is 0 Å². The topological polar surface area (TPSA) is 56.6 Å². The summed E-state index contributed by atoms with van der Waals surface area (Å²) in [4.78, 5) is 18.8. The van der Waals surface area contributed by atoms with Gasteiger partial charge in [-0.3, -0.25) is 9.69 Å². The van der Waals surface area contributed by atoms with Gasteiger partial charge in [0.2, 0.25) is 5.91 Å². The van der Waals surface area contributed by atoms with Gasteiger partial charge in [0, 0.05) is 57.1 Å². The summed E-state index contributed by atoms with van der Waals surface area (Å²) in [6, 6.07) is 18.4. The predicted octanol–water partition coefficient (Wildman–Crippen LogP) is 2.75. The number of carbonyl (C=O) groups is 1. The van der Waals surface area contributed by atoms with Gasteiger partial charge in [-0.15, -0.1) is 5.10 Å². The van der Waals surface area contributed by atoms with E-state index in [4.69, 9.17) is 5.10 Å². The van der Waals surface area contributed by atoms with Gasteiger partial charge in [-0.1, -0.05) is 30.3 Å². The first-order valence-electron chi connectivity index (χ1n) is 12.4. The number of fused-ring (bicyclic) bond motifs is 1. The lowest BCUT2D eigenvalue weighted by Gasteiger charge is -2.38. The van der Waals surface area contributed by atoms with Crippen molar-refractivity contribution in [3.05, 3.63) is 54.6 Å². The summed E-state index contributed by atoms with van der Waals surface area (Å²) < 4.78 is 29.1. The molecule has 1 aromatic heterocycles. The molecule has 1 amide bonds. The van der Waals surface area contributed by atoms with Crippen molar-refractivity contribution in [2.24, 2.45) is 0 Å². The van der Waals surface area contributed by atoms with E-state index in [-0.39, 0.29) is 31.0 Å². The first kappa shape index (κ1) is 22.4. The van der Waals surface area contributed by atoms with Gasteiger partial charge >= 0.3 is 0 Å². The molecular formula is C26H30F2N6O. The molecule has 184 valence electrons. The average Bonchev–Trinajstić information content (AvgIpc) is 3.61. The highest BCUT2D eigenvalue weighted by Crippen LogP contribution is 2.31. The van der Waals surface area contributed by atoms with Crippen LogP contribution in [0.15, 0.2) is 54.6 Å². The second kappa shape index (κ2) is 8.87. The Morgan fingerprint density at radius 1 is 0.971 bits per heavy atom. The molecule has 3 aliphatic rings. The molecule has 0 saturated carbocycles. The van der Waals surface area contributed by atoms with Crippen molar-refractivity contribution in [1.82, 2.24) is 24.9 Å². The van der Waals surface area contributed by atoms with Crippen LogP contribution in [0.3, 0.4) is 0 Å². The molecule has 0 aliphatic carbocycles. The second-order valence-electron chi connectivity index (χ2n) is 9.83. The van der Waals surface area contributed by atoms with E-state index < -0.39 is 12.5 Å². The maximum Gasteiger partial charge on any atom is 0.267 e. The summed E-state index contributed by atoms with van der Waals surface area (Å²) in [6.07, 6.45) is 0.442. The van der Waals surface area contributed by atoms with Crippen LogP contribution in [0.2, 0.25) is 0 Å². The molecule has 35 heavy (non-hydrogen) atoms. The first-order valence-corrected chi connectivity index (χ1v) is 12.4. The smallest absolute Gasteiger partial charge is 0.267 e. The van der Waals surface area contributed by atoms with Crippen LogP contribution >= 0.6 is 0 Å². The monoisotopic (exact) mass is 480 g/mol. The normalized spacial score (nSPS) is 25.0. The molecule has 3 aromatic rings. The zero-order chi connectivity index (χ0) is 24.0. The van der Waals surface area contributed by atoms with Crippen LogP contribution in [0.1, 0.15) is 12.8 Å². The third kappa shape index (κ3) is 4.27. The molecule has 0 unspecified atom stereocenters. The van der Waals surface area contributed by atoms with E-state index in [1.807, 2.05) is 28.9 Å². The molecule has 2 aromatic carbocycles. The summed E-state index contributed by atoms with van der Waals surface area (Å²) in [7, 11) is 0. The number of nitrogens with one attached hydrogen (secondary N) is 1. The van der Waals surface area contributed by atoms with Crippen molar-refractivity contribution in [3.8, 4) is 5.69 Å². The number of benzene rings is 2. The van der Waals surface area contributed by atoms with Crippen LogP contribution < -0.4 is 10.2 Å². The zero-order valence-corrected chi connectivity index (χ0v) is 19.6. The molecule has 3 saturated heterocycles. The number of hydrogen-bond acceptors (Lipinski definition) is 5. The summed E-state index contributed by atoms with van der Waals surface area (Å²) in [6.45, 7) is 3.87. The number of carbonyl (C=O) groups excluding carboxylic acids is 1. The molecule has 3 aliphatic heterocycles. The van der Waals surface area contributed by atoms with E-state index in [1.165, 1.54) is 4.90 Å². The molecule has 6 rings (SSSR count). The van der Waals surface area contributed by atoms with Crippen molar-refractivity contribution < 1.29 is 13.6 Å². The standard InChI is InChI=1S/C26H30F2N6O/c27-26(28)10-11-33(18-26)25(35)22-16-20(17-29-22)31-12-14-32(15-13-31)24-21-8-4-5-9-23(21)34(30-24)19-6-2-1-3-7-19/h1-9,20,22,29H,10-18H2/t20-,22-/m0/s1. The maximum atomic E-state index is 13.5. The van der Waals surface area contributed by atoms with E-state index >= 15 is 0 Å². The Labute approximate surface area is 203 Å². The van der Waals surface area contributed by atoms with E-state index in [2.05, 4.69) is 45.4 Å². The van der Waals surface area contributed by atoms with Crippen LogP contribution in [-0.4, -0.2) is 89.3 Å². The van der Waals surface area contributed by atoms with Gasteiger partial charge in [-0.2, -0.15) is 0 Å². The summed E-state index contributed by atoms with van der Waals surface area (Å²) in [5.74, 6) is -1.93. The molecule has 1 N–H and O–H groups in total. The van der Waals surface area contributed by atoms with E-state index in [0.29, 0.717) is 13.0 Å². The third-order valence-corrected chi connectivity index (χ3v) is 7.59. The minimum Gasteiger partial charge on any atom is -0.352 e. The number of rotatable bonds is 4. The van der Waals surface area contributed by atoms with Gasteiger partial charge in [-0.05, 0) is 30.7 Å². The van der Waals surface area contributed by atoms with Gasteiger partial charge in [0.25, 0.3) is 5.92 Å². The zero-order valence-electron chi connectivity index (χ0n) is 19.6. The van der Waals surface area contributed by atoms with E-state index in [0.717, 1.165) is 48.6 Å². The van der Waals surface area contributed by atoms with Crippen LogP contribution in [0, 0.1) is 0 Å².